The van der Waals surface area contributed by atoms with Crippen LogP contribution in [0.4, 0.5) is 27.4 Å². The average Bonchev–Trinajstić information content (AvgIpc) is 3.30. The molecule has 0 radical (unpaired) electrons. The Morgan fingerprint density at radius 3 is 1.57 bits per heavy atom. The van der Waals surface area contributed by atoms with Crippen molar-refractivity contribution in [1.82, 2.24) is 29.9 Å². The van der Waals surface area contributed by atoms with E-state index < -0.39 is 5.82 Å². The van der Waals surface area contributed by atoms with E-state index in [-0.39, 0.29) is 17.2 Å². The lowest BCUT2D eigenvalue weighted by Crippen LogP contribution is -2.03. The van der Waals surface area contributed by atoms with E-state index in [2.05, 4.69) is 40.5 Å². The highest BCUT2D eigenvalue weighted by atomic mass is 19.1. The highest BCUT2D eigenvalue weighted by molar-refractivity contribution is 5.94. The summed E-state index contributed by atoms with van der Waals surface area (Å²) in [5.74, 6) is 3.08. The number of pyridine rings is 2. The molecule has 322 valence electrons. The van der Waals surface area contributed by atoms with Crippen LogP contribution in [0.1, 0.15) is 35.1 Å². The largest absolute Gasteiger partial charge is 0.508 e. The molecule has 0 unspecified atom stereocenters. The molecule has 0 aliphatic rings. The number of phenols is 2. The molecule has 4 aromatic heterocycles. The molecule has 4 N–H and O–H groups in total. The van der Waals surface area contributed by atoms with Gasteiger partial charge in [0.05, 0.1) is 44.2 Å². The number of anilines is 4. The highest BCUT2D eigenvalue weighted by Gasteiger charge is 2.15. The van der Waals surface area contributed by atoms with Crippen LogP contribution in [0.5, 0.6) is 34.5 Å². The number of nitrogens with zero attached hydrogens (tertiary/aromatic N) is 6. The third-order valence-corrected chi connectivity index (χ3v) is 10.1. The molecule has 8 aromatic rings. The van der Waals surface area contributed by atoms with E-state index in [1.807, 2.05) is 55.5 Å². The van der Waals surface area contributed by atoms with Gasteiger partial charge in [0, 0.05) is 65.5 Å². The molecule has 0 atom stereocenters. The summed E-state index contributed by atoms with van der Waals surface area (Å²) in [6, 6.07) is 23.2. The number of phenolic OH excluding ortho intramolecular Hbond substituents is 2. The Bertz CT molecular complexity index is 2800. The predicted octanol–water partition coefficient (Wildman–Crippen LogP) is 9.74. The molecule has 0 aliphatic heterocycles. The summed E-state index contributed by atoms with van der Waals surface area (Å²) in [6.07, 6.45) is 13.5. The number of hydrogen-bond acceptors (Lipinski definition) is 14. The van der Waals surface area contributed by atoms with Crippen LogP contribution in [0.25, 0.3) is 21.8 Å². The second-order valence-electron chi connectivity index (χ2n) is 14.5. The maximum atomic E-state index is 14.4. The van der Waals surface area contributed by atoms with E-state index in [0.717, 1.165) is 47.8 Å². The van der Waals surface area contributed by atoms with Gasteiger partial charge in [-0.25, -0.2) is 24.3 Å². The van der Waals surface area contributed by atoms with Crippen molar-refractivity contribution in [2.75, 3.05) is 38.1 Å². The van der Waals surface area contributed by atoms with Crippen LogP contribution in [-0.2, 0) is 12.8 Å². The summed E-state index contributed by atoms with van der Waals surface area (Å²) in [6.45, 7) is 4.55. The SMILES string of the molecule is COc1cc2c(Nc3cc(O)c(C)cc3F)ncnc2cc1OCCCc1ccncc1.COc1cc2c(Nc3ccc(C)c(O)c3)ncnc2cc1OCCCc1ccncc1. The molecule has 0 saturated carbocycles. The molecule has 0 spiro atoms. The van der Waals surface area contributed by atoms with E-state index in [0.29, 0.717) is 64.3 Å². The van der Waals surface area contributed by atoms with Gasteiger partial charge in [-0.1, -0.05) is 6.07 Å². The third-order valence-electron chi connectivity index (χ3n) is 10.1. The summed E-state index contributed by atoms with van der Waals surface area (Å²) < 4.78 is 37.4. The van der Waals surface area contributed by atoms with Crippen LogP contribution >= 0.6 is 0 Å². The first-order valence-corrected chi connectivity index (χ1v) is 20.2. The smallest absolute Gasteiger partial charge is 0.163 e. The number of rotatable bonds is 16. The summed E-state index contributed by atoms with van der Waals surface area (Å²) in [5, 5.41) is 27.5. The maximum Gasteiger partial charge on any atom is 0.163 e. The van der Waals surface area contributed by atoms with E-state index in [9.17, 15) is 14.6 Å². The molecule has 14 nitrogen and oxygen atoms in total. The number of halogens is 1. The molecular weight excluding hydrogens is 804 g/mol. The molecule has 8 rings (SSSR count). The lowest BCUT2D eigenvalue weighted by Gasteiger charge is -2.14. The monoisotopic (exact) mass is 850 g/mol. The number of fused-ring (bicyclic) bond motifs is 2. The number of aromatic nitrogens is 6. The minimum atomic E-state index is -0.492. The fraction of sp³-hybridized carbons (Fsp3) is 0.208. The van der Waals surface area contributed by atoms with Gasteiger partial charge in [-0.3, -0.25) is 9.97 Å². The number of ether oxygens (including phenoxy) is 4. The van der Waals surface area contributed by atoms with Crippen molar-refractivity contribution in [3.05, 3.63) is 144 Å². The fourth-order valence-electron chi connectivity index (χ4n) is 6.60. The minimum Gasteiger partial charge on any atom is -0.508 e. The first kappa shape index (κ1) is 43.3. The van der Waals surface area contributed by atoms with Crippen LogP contribution in [0.3, 0.4) is 0 Å². The standard InChI is InChI=1S/C24H23FN4O3.C24H24N4O3/c1-15-10-18(25)20(12-21(15)30)29-24-17-11-22(31-2)23(13-19(17)27-14-28-24)32-9-3-4-16-5-7-26-8-6-16;1-16-5-6-18(12-21(16)29)28-24-19-13-22(30-2)23(14-20(19)26-15-27-24)31-11-3-4-17-7-9-25-10-8-17/h5-8,10-14,30H,3-4,9H2,1-2H3,(H,27,28,29);5-10,12-15,29H,3-4,11H2,1-2H3,(H,26,27,28). The Morgan fingerprint density at radius 2 is 1.06 bits per heavy atom. The normalized spacial score (nSPS) is 10.8. The fourth-order valence-corrected chi connectivity index (χ4v) is 6.60. The summed E-state index contributed by atoms with van der Waals surface area (Å²) in [7, 11) is 3.17. The van der Waals surface area contributed by atoms with Gasteiger partial charge in [0.15, 0.2) is 23.0 Å². The number of aromatic hydroxyl groups is 2. The topological polar surface area (TPSA) is 179 Å². The molecule has 63 heavy (non-hydrogen) atoms. The molecular formula is C48H47FN8O6. The summed E-state index contributed by atoms with van der Waals surface area (Å²) in [5.41, 5.74) is 5.89. The minimum absolute atomic E-state index is 0.00714. The molecule has 0 fully saturated rings. The van der Waals surface area contributed by atoms with Crippen LogP contribution < -0.4 is 29.6 Å². The molecule has 0 aliphatic carbocycles. The van der Waals surface area contributed by atoms with Crippen molar-refractivity contribution in [3.8, 4) is 34.5 Å². The molecule has 0 amide bonds. The predicted molar refractivity (Wildman–Crippen MR) is 240 cm³/mol. The van der Waals surface area contributed by atoms with Crippen LogP contribution in [-0.4, -0.2) is 67.6 Å². The number of hydrogen-bond donors (Lipinski definition) is 4. The van der Waals surface area contributed by atoms with Crippen LogP contribution in [0, 0.1) is 19.7 Å². The Hall–Kier alpha value is -7.81. The molecule has 0 saturated heterocycles. The highest BCUT2D eigenvalue weighted by Crippen LogP contribution is 2.37. The Labute approximate surface area is 363 Å². The zero-order valence-corrected chi connectivity index (χ0v) is 35.3. The maximum absolute atomic E-state index is 14.4. The van der Waals surface area contributed by atoms with Gasteiger partial charge in [0.25, 0.3) is 0 Å². The third kappa shape index (κ3) is 11.1. The Balaban J connectivity index is 0.000000189. The lowest BCUT2D eigenvalue weighted by atomic mass is 10.1. The molecule has 0 bridgehead atoms. The zero-order chi connectivity index (χ0) is 44.1. The van der Waals surface area contributed by atoms with Gasteiger partial charge >= 0.3 is 0 Å². The number of benzene rings is 4. The van der Waals surface area contributed by atoms with E-state index >= 15 is 0 Å². The molecule has 4 heterocycles. The van der Waals surface area contributed by atoms with E-state index in [1.54, 1.807) is 64.1 Å². The van der Waals surface area contributed by atoms with Crippen LogP contribution in [0.15, 0.2) is 116 Å². The lowest BCUT2D eigenvalue weighted by molar-refractivity contribution is 0.290. The average molecular weight is 851 g/mol. The van der Waals surface area contributed by atoms with Gasteiger partial charge in [-0.05, 0) is 110 Å². The van der Waals surface area contributed by atoms with Crippen molar-refractivity contribution < 1.29 is 33.6 Å². The first-order valence-electron chi connectivity index (χ1n) is 20.2. The summed E-state index contributed by atoms with van der Waals surface area (Å²) in [4.78, 5) is 25.4. The second kappa shape index (κ2) is 20.6. The second-order valence-corrected chi connectivity index (χ2v) is 14.5. The van der Waals surface area contributed by atoms with Gasteiger partial charge < -0.3 is 39.8 Å². The van der Waals surface area contributed by atoms with Gasteiger partial charge in [-0.2, -0.15) is 0 Å². The van der Waals surface area contributed by atoms with Gasteiger partial charge in [0.1, 0.15) is 41.6 Å². The quantitative estimate of drug-likeness (QED) is 0.0675. The molecule has 15 heteroatoms. The number of nitrogens with one attached hydrogen (secondary N) is 2. The van der Waals surface area contributed by atoms with Crippen LogP contribution in [0.2, 0.25) is 0 Å². The van der Waals surface area contributed by atoms with Crippen molar-refractivity contribution >= 4 is 44.8 Å². The zero-order valence-electron chi connectivity index (χ0n) is 35.3. The summed E-state index contributed by atoms with van der Waals surface area (Å²) >= 11 is 0. The van der Waals surface area contributed by atoms with Gasteiger partial charge in [0.2, 0.25) is 0 Å². The van der Waals surface area contributed by atoms with Gasteiger partial charge in [-0.15, -0.1) is 0 Å². The number of aryl methyl sites for hydroxylation is 4. The number of methoxy groups -OCH3 is 2. The Kier molecular flexibility index (Phi) is 14.2. The van der Waals surface area contributed by atoms with Crippen molar-refractivity contribution in [2.24, 2.45) is 0 Å². The van der Waals surface area contributed by atoms with Crippen molar-refractivity contribution in [1.29, 1.82) is 0 Å². The van der Waals surface area contributed by atoms with Crippen molar-refractivity contribution in [2.45, 2.75) is 39.5 Å². The Morgan fingerprint density at radius 1 is 0.556 bits per heavy atom. The van der Waals surface area contributed by atoms with E-state index in [1.165, 1.54) is 35.9 Å². The van der Waals surface area contributed by atoms with E-state index in [4.69, 9.17) is 18.9 Å². The first-order chi connectivity index (χ1) is 30.7. The molecule has 4 aromatic carbocycles. The van der Waals surface area contributed by atoms with Crippen molar-refractivity contribution in [3.63, 3.8) is 0 Å².